The molecule has 156 valence electrons. The van der Waals surface area contributed by atoms with E-state index in [-0.39, 0.29) is 5.91 Å². The Kier molecular flexibility index (Phi) is 6.72. The fourth-order valence-electron chi connectivity index (χ4n) is 3.58. The fraction of sp³-hybridized carbons (Fsp3) is 0.292. The van der Waals surface area contributed by atoms with E-state index in [1.54, 1.807) is 6.07 Å². The Morgan fingerprint density at radius 1 is 1.07 bits per heavy atom. The van der Waals surface area contributed by atoms with E-state index in [0.29, 0.717) is 11.6 Å². The van der Waals surface area contributed by atoms with Crippen molar-refractivity contribution in [2.45, 2.75) is 20.1 Å². The van der Waals surface area contributed by atoms with Gasteiger partial charge in [-0.15, -0.1) is 11.3 Å². The number of benzene rings is 2. The van der Waals surface area contributed by atoms with Crippen LogP contribution >= 0.6 is 22.9 Å². The van der Waals surface area contributed by atoms with E-state index in [2.05, 4.69) is 36.1 Å². The van der Waals surface area contributed by atoms with Crippen molar-refractivity contribution >= 4 is 28.8 Å². The predicted molar refractivity (Wildman–Crippen MR) is 122 cm³/mol. The summed E-state index contributed by atoms with van der Waals surface area (Å²) < 4.78 is 5.78. The maximum Gasteiger partial charge on any atom is 0.264 e. The Labute approximate surface area is 186 Å². The number of hydrogen-bond acceptors (Lipinski definition) is 4. The molecular weight excluding hydrogens is 416 g/mol. The molecule has 0 spiro atoms. The first-order valence-corrected chi connectivity index (χ1v) is 11.4. The van der Waals surface area contributed by atoms with E-state index in [1.807, 2.05) is 34.5 Å². The van der Waals surface area contributed by atoms with Crippen LogP contribution in [0.1, 0.15) is 26.4 Å². The van der Waals surface area contributed by atoms with E-state index in [1.165, 1.54) is 22.5 Å². The van der Waals surface area contributed by atoms with Crippen molar-refractivity contribution in [1.82, 2.24) is 9.80 Å². The van der Waals surface area contributed by atoms with Gasteiger partial charge in [-0.3, -0.25) is 9.69 Å². The predicted octanol–water partition coefficient (Wildman–Crippen LogP) is 5.25. The lowest BCUT2D eigenvalue weighted by atomic mass is 10.1. The first-order valence-electron chi connectivity index (χ1n) is 10.1. The van der Waals surface area contributed by atoms with Gasteiger partial charge in [0, 0.05) is 43.3 Å². The second kappa shape index (κ2) is 9.65. The highest BCUT2D eigenvalue weighted by Crippen LogP contribution is 2.22. The number of piperazine rings is 1. The van der Waals surface area contributed by atoms with Gasteiger partial charge >= 0.3 is 0 Å². The SMILES string of the molecule is Cc1ccccc1CN1CCN(C(=O)c2cc(COc3cccc(Cl)c3)cs2)CC1. The van der Waals surface area contributed by atoms with Gasteiger partial charge in [-0.2, -0.15) is 0 Å². The van der Waals surface area contributed by atoms with Crippen LogP contribution in [0.15, 0.2) is 60.0 Å². The third-order valence-corrected chi connectivity index (χ3v) is 6.58. The molecular formula is C24H25ClN2O2S. The van der Waals surface area contributed by atoms with Crippen LogP contribution in [-0.4, -0.2) is 41.9 Å². The first kappa shape index (κ1) is 20.9. The van der Waals surface area contributed by atoms with Gasteiger partial charge in [0.25, 0.3) is 5.91 Å². The van der Waals surface area contributed by atoms with E-state index < -0.39 is 0 Å². The maximum absolute atomic E-state index is 12.9. The minimum Gasteiger partial charge on any atom is -0.489 e. The molecule has 0 bridgehead atoms. The summed E-state index contributed by atoms with van der Waals surface area (Å²) in [5.41, 5.74) is 3.68. The fourth-order valence-corrected chi connectivity index (χ4v) is 4.62. The molecule has 3 aromatic rings. The molecule has 1 aromatic heterocycles. The molecule has 0 unspecified atom stereocenters. The summed E-state index contributed by atoms with van der Waals surface area (Å²) in [5.74, 6) is 0.843. The zero-order valence-electron chi connectivity index (χ0n) is 17.0. The normalized spacial score (nSPS) is 14.7. The van der Waals surface area contributed by atoms with Gasteiger partial charge in [-0.05, 0) is 47.7 Å². The summed E-state index contributed by atoms with van der Waals surface area (Å²) in [6.07, 6.45) is 0. The molecule has 1 amide bonds. The van der Waals surface area contributed by atoms with Gasteiger partial charge in [0.2, 0.25) is 0 Å². The highest BCUT2D eigenvalue weighted by Gasteiger charge is 2.23. The molecule has 30 heavy (non-hydrogen) atoms. The quantitative estimate of drug-likeness (QED) is 0.525. The van der Waals surface area contributed by atoms with Gasteiger partial charge in [-0.1, -0.05) is 41.9 Å². The largest absolute Gasteiger partial charge is 0.489 e. The number of aryl methyl sites for hydroxylation is 1. The Bertz CT molecular complexity index is 1010. The average molecular weight is 441 g/mol. The maximum atomic E-state index is 12.9. The third-order valence-electron chi connectivity index (χ3n) is 5.38. The number of nitrogens with zero attached hydrogens (tertiary/aromatic N) is 2. The molecule has 0 saturated carbocycles. The summed E-state index contributed by atoms with van der Waals surface area (Å²) in [7, 11) is 0. The van der Waals surface area contributed by atoms with Crippen LogP contribution in [-0.2, 0) is 13.2 Å². The summed E-state index contributed by atoms with van der Waals surface area (Å²) >= 11 is 7.47. The lowest BCUT2D eigenvalue weighted by Crippen LogP contribution is -2.48. The highest BCUT2D eigenvalue weighted by atomic mass is 35.5. The minimum atomic E-state index is 0.115. The van der Waals surface area contributed by atoms with Crippen molar-refractivity contribution in [1.29, 1.82) is 0 Å². The second-order valence-electron chi connectivity index (χ2n) is 7.56. The molecule has 6 heteroatoms. The molecule has 0 atom stereocenters. The number of ether oxygens (including phenoxy) is 1. The number of carbonyl (C=O) groups excluding carboxylic acids is 1. The number of halogens is 1. The van der Waals surface area contributed by atoms with E-state index in [4.69, 9.17) is 16.3 Å². The van der Waals surface area contributed by atoms with Gasteiger partial charge < -0.3 is 9.64 Å². The van der Waals surface area contributed by atoms with Crippen LogP contribution in [0.2, 0.25) is 5.02 Å². The Morgan fingerprint density at radius 3 is 2.63 bits per heavy atom. The molecule has 1 aliphatic rings. The Balaban J connectivity index is 1.29. The van der Waals surface area contributed by atoms with Crippen LogP contribution in [0.3, 0.4) is 0 Å². The number of rotatable bonds is 6. The van der Waals surface area contributed by atoms with Crippen LogP contribution in [0.4, 0.5) is 0 Å². The zero-order valence-corrected chi connectivity index (χ0v) is 18.6. The molecule has 2 heterocycles. The van der Waals surface area contributed by atoms with Gasteiger partial charge in [0.05, 0.1) is 4.88 Å². The second-order valence-corrected chi connectivity index (χ2v) is 8.91. The standard InChI is InChI=1S/C24H25ClN2O2S/c1-18-5-2-3-6-20(18)15-26-9-11-27(12-10-26)24(28)23-13-19(17-30-23)16-29-22-8-4-7-21(25)14-22/h2-8,13-14,17H,9-12,15-16H2,1H3. The lowest BCUT2D eigenvalue weighted by molar-refractivity contribution is 0.0633. The molecule has 0 radical (unpaired) electrons. The smallest absolute Gasteiger partial charge is 0.264 e. The number of amides is 1. The number of hydrogen-bond donors (Lipinski definition) is 0. The molecule has 2 aromatic carbocycles. The summed E-state index contributed by atoms with van der Waals surface area (Å²) in [6, 6.07) is 17.8. The van der Waals surface area contributed by atoms with Crippen LogP contribution in [0, 0.1) is 6.92 Å². The molecule has 4 nitrogen and oxygen atoms in total. The Hall–Kier alpha value is -2.34. The van der Waals surface area contributed by atoms with Crippen molar-refractivity contribution in [3.8, 4) is 5.75 Å². The first-order chi connectivity index (χ1) is 14.6. The van der Waals surface area contributed by atoms with Gasteiger partial charge in [0.1, 0.15) is 12.4 Å². The van der Waals surface area contributed by atoms with Crippen LogP contribution in [0.5, 0.6) is 5.75 Å². The topological polar surface area (TPSA) is 32.8 Å². The van der Waals surface area contributed by atoms with Crippen molar-refractivity contribution < 1.29 is 9.53 Å². The molecule has 1 saturated heterocycles. The van der Waals surface area contributed by atoms with Crippen molar-refractivity contribution in [2.24, 2.45) is 0 Å². The summed E-state index contributed by atoms with van der Waals surface area (Å²) in [6.45, 7) is 6.84. The van der Waals surface area contributed by atoms with Gasteiger partial charge in [-0.25, -0.2) is 0 Å². The number of thiophene rings is 1. The van der Waals surface area contributed by atoms with Crippen molar-refractivity contribution in [3.63, 3.8) is 0 Å². The lowest BCUT2D eigenvalue weighted by Gasteiger charge is -2.34. The molecule has 1 fully saturated rings. The van der Waals surface area contributed by atoms with E-state index >= 15 is 0 Å². The van der Waals surface area contributed by atoms with E-state index in [0.717, 1.165) is 48.9 Å². The van der Waals surface area contributed by atoms with Crippen LogP contribution < -0.4 is 4.74 Å². The average Bonchev–Trinajstić information content (AvgIpc) is 3.23. The van der Waals surface area contributed by atoms with Crippen molar-refractivity contribution in [2.75, 3.05) is 26.2 Å². The van der Waals surface area contributed by atoms with Gasteiger partial charge in [0.15, 0.2) is 0 Å². The third kappa shape index (κ3) is 5.22. The molecule has 4 rings (SSSR count). The Morgan fingerprint density at radius 2 is 1.87 bits per heavy atom. The highest BCUT2D eigenvalue weighted by molar-refractivity contribution is 7.12. The monoisotopic (exact) mass is 440 g/mol. The molecule has 0 N–H and O–H groups in total. The number of carbonyl (C=O) groups is 1. The molecule has 0 aliphatic carbocycles. The van der Waals surface area contributed by atoms with Crippen LogP contribution in [0.25, 0.3) is 0 Å². The molecule has 1 aliphatic heterocycles. The van der Waals surface area contributed by atoms with Crippen molar-refractivity contribution in [3.05, 3.63) is 86.6 Å². The van der Waals surface area contributed by atoms with E-state index in [9.17, 15) is 4.79 Å². The summed E-state index contributed by atoms with van der Waals surface area (Å²) in [4.78, 5) is 18.1. The summed E-state index contributed by atoms with van der Waals surface area (Å²) in [5, 5.41) is 2.64. The zero-order chi connectivity index (χ0) is 20.9. The minimum absolute atomic E-state index is 0.115.